The Kier molecular flexibility index (Phi) is 1.27. The summed E-state index contributed by atoms with van der Waals surface area (Å²) >= 11 is 0. The zero-order valence-electron chi connectivity index (χ0n) is 4.65. The first kappa shape index (κ1) is 5.90. The van der Waals surface area contributed by atoms with Crippen molar-refractivity contribution in [3.8, 4) is 0 Å². The first-order valence-electron chi connectivity index (χ1n) is 2.36. The zero-order valence-corrected chi connectivity index (χ0v) is 4.65. The van der Waals surface area contributed by atoms with E-state index in [2.05, 4.69) is 4.99 Å². The number of hydrazine groups is 1. The molecule has 0 atom stereocenters. The van der Waals surface area contributed by atoms with Crippen LogP contribution in [0.15, 0.2) is 17.0 Å². The van der Waals surface area contributed by atoms with Crippen LogP contribution < -0.4 is 5.84 Å². The van der Waals surface area contributed by atoms with E-state index in [9.17, 15) is 0 Å². The second-order valence-electron chi connectivity index (χ2n) is 1.63. The smallest absolute Gasteiger partial charge is 0.213 e. The van der Waals surface area contributed by atoms with Gasteiger partial charge in [-0.25, -0.2) is 10.8 Å². The largest absolute Gasteiger partial charge is 0.494 e. The average molecular weight is 129 g/mol. The first-order chi connectivity index (χ1) is 4.20. The molecule has 0 amide bonds. The van der Waals surface area contributed by atoms with Gasteiger partial charge in [0.15, 0.2) is 0 Å². The van der Waals surface area contributed by atoms with Gasteiger partial charge in [0, 0.05) is 0 Å². The Balaban J connectivity index is 2.74. The summed E-state index contributed by atoms with van der Waals surface area (Å²) < 4.78 is 0. The molecule has 9 heavy (non-hydrogen) atoms. The highest BCUT2D eigenvalue weighted by atomic mass is 16.3. The lowest BCUT2D eigenvalue weighted by molar-refractivity contribution is 0.203. The van der Waals surface area contributed by atoms with E-state index < -0.39 is 0 Å². The fourth-order valence-electron chi connectivity index (χ4n) is 0.465. The van der Waals surface area contributed by atoms with Crippen molar-refractivity contribution in [1.82, 2.24) is 5.01 Å². The molecule has 0 aromatic carbocycles. The molecule has 0 aliphatic carbocycles. The molecular formula is C4H7N3O2. The van der Waals surface area contributed by atoms with E-state index in [1.165, 1.54) is 0 Å². The Hall–Kier alpha value is -1.23. The summed E-state index contributed by atoms with van der Waals surface area (Å²) in [7, 11) is 0. The van der Waals surface area contributed by atoms with Gasteiger partial charge in [-0.2, -0.15) is 0 Å². The molecule has 0 aromatic heterocycles. The molecule has 0 radical (unpaired) electrons. The monoisotopic (exact) mass is 129 g/mol. The van der Waals surface area contributed by atoms with Crippen molar-refractivity contribution >= 4 is 5.90 Å². The van der Waals surface area contributed by atoms with Gasteiger partial charge in [-0.3, -0.25) is 5.01 Å². The molecule has 1 heterocycles. The van der Waals surface area contributed by atoms with E-state index in [0.29, 0.717) is 0 Å². The normalized spacial score (nSPS) is 19.0. The quantitative estimate of drug-likeness (QED) is 0.385. The van der Waals surface area contributed by atoms with Crippen LogP contribution in [-0.4, -0.2) is 27.8 Å². The Morgan fingerprint density at radius 1 is 1.67 bits per heavy atom. The number of aliphatic hydroxyl groups is 2. The number of rotatable bonds is 0. The molecule has 0 aromatic rings. The van der Waals surface area contributed by atoms with Gasteiger partial charge in [0.1, 0.15) is 6.67 Å². The van der Waals surface area contributed by atoms with E-state index in [0.717, 1.165) is 11.1 Å². The van der Waals surface area contributed by atoms with E-state index >= 15 is 0 Å². The molecule has 0 unspecified atom stereocenters. The van der Waals surface area contributed by atoms with Gasteiger partial charge in [-0.15, -0.1) is 0 Å². The molecule has 0 fully saturated rings. The van der Waals surface area contributed by atoms with Crippen LogP contribution in [0.1, 0.15) is 0 Å². The fourth-order valence-corrected chi connectivity index (χ4v) is 0.465. The molecule has 50 valence electrons. The number of nitrogens with two attached hydrogens (primary N) is 1. The lowest BCUT2D eigenvalue weighted by atomic mass is 10.5. The van der Waals surface area contributed by atoms with Gasteiger partial charge in [-0.1, -0.05) is 0 Å². The molecule has 0 bridgehead atoms. The third-order valence-corrected chi connectivity index (χ3v) is 0.938. The predicted octanol–water partition coefficient (Wildman–Crippen LogP) is -0.511. The van der Waals surface area contributed by atoms with Crippen LogP contribution in [-0.2, 0) is 0 Å². The molecule has 0 saturated heterocycles. The van der Waals surface area contributed by atoms with Gasteiger partial charge in [0.05, 0.1) is 6.08 Å². The molecular weight excluding hydrogens is 122 g/mol. The van der Waals surface area contributed by atoms with Gasteiger partial charge < -0.3 is 10.2 Å². The standard InChI is InChI=1S/C4H7N3O2/c5-7-2-6-3(8)1-4(7)9/h1,9H,2,5H2,(H,6,8). The summed E-state index contributed by atoms with van der Waals surface area (Å²) in [6.07, 6.45) is 1.07. The topological polar surface area (TPSA) is 82.1 Å². The molecule has 5 heteroatoms. The molecule has 1 rings (SSSR count). The summed E-state index contributed by atoms with van der Waals surface area (Å²) in [5.41, 5.74) is 0. The lowest BCUT2D eigenvalue weighted by Gasteiger charge is -2.16. The Morgan fingerprint density at radius 2 is 2.33 bits per heavy atom. The third-order valence-electron chi connectivity index (χ3n) is 0.938. The number of nitrogens with zero attached hydrogens (tertiary/aromatic N) is 2. The van der Waals surface area contributed by atoms with Crippen LogP contribution in [0.4, 0.5) is 0 Å². The number of aliphatic imine (C=N–C) groups is 1. The molecule has 1 aliphatic rings. The summed E-state index contributed by atoms with van der Waals surface area (Å²) in [4.78, 5) is 3.50. The Morgan fingerprint density at radius 3 is 2.78 bits per heavy atom. The summed E-state index contributed by atoms with van der Waals surface area (Å²) in [6.45, 7) is 0.0914. The molecule has 1 aliphatic heterocycles. The highest BCUT2D eigenvalue weighted by Crippen LogP contribution is 1.99. The van der Waals surface area contributed by atoms with Gasteiger partial charge in [0.25, 0.3) is 0 Å². The van der Waals surface area contributed by atoms with Crippen LogP contribution in [0.3, 0.4) is 0 Å². The van der Waals surface area contributed by atoms with Crippen LogP contribution in [0.5, 0.6) is 0 Å². The van der Waals surface area contributed by atoms with E-state index in [1.807, 2.05) is 0 Å². The van der Waals surface area contributed by atoms with Crippen molar-refractivity contribution in [2.45, 2.75) is 0 Å². The molecule has 0 saturated carbocycles. The van der Waals surface area contributed by atoms with Crippen LogP contribution >= 0.6 is 0 Å². The Labute approximate surface area is 51.7 Å². The second-order valence-corrected chi connectivity index (χ2v) is 1.63. The average Bonchev–Trinajstić information content (AvgIpc) is 1.80. The van der Waals surface area contributed by atoms with Crippen LogP contribution in [0.2, 0.25) is 0 Å². The van der Waals surface area contributed by atoms with E-state index in [1.54, 1.807) is 0 Å². The van der Waals surface area contributed by atoms with E-state index in [4.69, 9.17) is 16.1 Å². The molecule has 0 spiro atoms. The van der Waals surface area contributed by atoms with E-state index in [-0.39, 0.29) is 18.4 Å². The lowest BCUT2D eigenvalue weighted by Crippen LogP contribution is -2.33. The minimum absolute atomic E-state index is 0.0914. The van der Waals surface area contributed by atoms with Gasteiger partial charge >= 0.3 is 0 Å². The van der Waals surface area contributed by atoms with Crippen molar-refractivity contribution in [2.24, 2.45) is 10.8 Å². The Bertz CT molecular complexity index is 175. The maximum absolute atomic E-state index is 8.77. The summed E-state index contributed by atoms with van der Waals surface area (Å²) in [5, 5.41) is 18.4. The number of hydrogen-bond acceptors (Lipinski definition) is 4. The number of aliphatic hydroxyl groups excluding tert-OH is 2. The number of hydrogen-bond donors (Lipinski definition) is 3. The van der Waals surface area contributed by atoms with Crippen molar-refractivity contribution in [3.05, 3.63) is 12.0 Å². The zero-order chi connectivity index (χ0) is 6.85. The maximum atomic E-state index is 8.77. The highest BCUT2D eigenvalue weighted by molar-refractivity contribution is 5.86. The van der Waals surface area contributed by atoms with Crippen LogP contribution in [0, 0.1) is 0 Å². The first-order valence-corrected chi connectivity index (χ1v) is 2.36. The molecule has 4 N–H and O–H groups in total. The van der Waals surface area contributed by atoms with Gasteiger partial charge in [-0.05, 0) is 0 Å². The fraction of sp³-hybridized carbons (Fsp3) is 0.250. The van der Waals surface area contributed by atoms with Crippen molar-refractivity contribution in [3.63, 3.8) is 0 Å². The second kappa shape index (κ2) is 1.94. The van der Waals surface area contributed by atoms with Crippen molar-refractivity contribution < 1.29 is 10.2 Å². The molecule has 5 nitrogen and oxygen atoms in total. The van der Waals surface area contributed by atoms with Crippen molar-refractivity contribution in [1.29, 1.82) is 0 Å². The summed E-state index contributed by atoms with van der Waals surface area (Å²) in [5.74, 6) is 4.76. The van der Waals surface area contributed by atoms with Crippen molar-refractivity contribution in [2.75, 3.05) is 6.67 Å². The predicted molar refractivity (Wildman–Crippen MR) is 31.7 cm³/mol. The van der Waals surface area contributed by atoms with Crippen LogP contribution in [0.25, 0.3) is 0 Å². The maximum Gasteiger partial charge on any atom is 0.213 e. The third kappa shape index (κ3) is 1.11. The highest BCUT2D eigenvalue weighted by Gasteiger charge is 2.07. The minimum Gasteiger partial charge on any atom is -0.494 e. The van der Waals surface area contributed by atoms with Gasteiger partial charge in [0.2, 0.25) is 11.8 Å². The SMILES string of the molecule is NN1CN=C(O)C=C1O. The summed E-state index contributed by atoms with van der Waals surface area (Å²) in [6, 6.07) is 0. The minimum atomic E-state index is -0.200.